The van der Waals surface area contributed by atoms with Crippen LogP contribution in [0.2, 0.25) is 4.34 Å². The van der Waals surface area contributed by atoms with Gasteiger partial charge in [0.25, 0.3) is 5.91 Å². The van der Waals surface area contributed by atoms with E-state index in [4.69, 9.17) is 22.1 Å². The summed E-state index contributed by atoms with van der Waals surface area (Å²) in [6.07, 6.45) is 1.36. The normalized spacial score (nSPS) is 27.1. The van der Waals surface area contributed by atoms with E-state index in [9.17, 15) is 9.18 Å². The Bertz CT molecular complexity index is 956. The van der Waals surface area contributed by atoms with Gasteiger partial charge in [0.05, 0.1) is 19.4 Å². The molecular weight excluding hydrogens is 418 g/mol. The molecule has 142 valence electrons. The Morgan fingerprint density at radius 1 is 1.41 bits per heavy atom. The SMILES string of the molecule is NC1=N[C@@]2(c3cc(NC(=O)c4ncc(Cl)s4)ccc3F)COC[C@@]2(F)CS1. The molecule has 1 aromatic carbocycles. The first-order valence-corrected chi connectivity index (χ1v) is 9.98. The second-order valence-corrected chi connectivity index (χ2v) is 8.83. The van der Waals surface area contributed by atoms with Crippen LogP contribution in [0.3, 0.4) is 0 Å². The van der Waals surface area contributed by atoms with E-state index in [1.165, 1.54) is 18.3 Å². The number of hydrogen-bond donors (Lipinski definition) is 2. The number of hydrogen-bond acceptors (Lipinski definition) is 7. The number of ether oxygens (including phenoxy) is 1. The number of carbonyl (C=O) groups is 1. The highest BCUT2D eigenvalue weighted by molar-refractivity contribution is 8.13. The van der Waals surface area contributed by atoms with Crippen LogP contribution in [0.25, 0.3) is 0 Å². The minimum absolute atomic E-state index is 0.00990. The molecule has 1 fully saturated rings. The third-order valence-electron chi connectivity index (χ3n) is 4.47. The zero-order valence-electron chi connectivity index (χ0n) is 13.7. The molecule has 6 nitrogen and oxygen atoms in total. The van der Waals surface area contributed by atoms with Gasteiger partial charge in [-0.15, -0.1) is 0 Å². The van der Waals surface area contributed by atoms with Crippen molar-refractivity contribution in [1.29, 1.82) is 0 Å². The molecule has 0 bridgehead atoms. The fourth-order valence-corrected chi connectivity index (χ4v) is 4.88. The third kappa shape index (κ3) is 3.10. The standard InChI is InChI=1S/C16H13ClF2N4O2S2/c17-11-4-21-13(27-11)12(24)22-8-1-2-10(18)9(3-8)16-6-25-5-15(16,19)7-26-14(20)23-16/h1-4H,5-7H2,(H2,20,23)(H,22,24)/t15-,16-/m1/s1. The second kappa shape index (κ2) is 6.69. The number of amidine groups is 1. The summed E-state index contributed by atoms with van der Waals surface area (Å²) in [5, 5.41) is 2.94. The van der Waals surface area contributed by atoms with Crippen molar-refractivity contribution in [3.05, 3.63) is 45.1 Å². The Morgan fingerprint density at radius 3 is 2.96 bits per heavy atom. The van der Waals surface area contributed by atoms with Gasteiger partial charge < -0.3 is 15.8 Å². The number of nitrogens with two attached hydrogens (primary N) is 1. The van der Waals surface area contributed by atoms with Crippen molar-refractivity contribution in [2.75, 3.05) is 24.3 Å². The lowest BCUT2D eigenvalue weighted by Gasteiger charge is -2.38. The van der Waals surface area contributed by atoms with Crippen molar-refractivity contribution >= 4 is 51.5 Å². The van der Waals surface area contributed by atoms with Gasteiger partial charge in [-0.2, -0.15) is 0 Å². The number of thiazole rings is 1. The fraction of sp³-hybridized carbons (Fsp3) is 0.312. The predicted octanol–water partition coefficient (Wildman–Crippen LogP) is 3.18. The Morgan fingerprint density at radius 2 is 2.22 bits per heavy atom. The molecule has 2 aromatic rings. The summed E-state index contributed by atoms with van der Waals surface area (Å²) >= 11 is 7.87. The molecule has 0 aliphatic carbocycles. The molecule has 0 saturated carbocycles. The molecule has 4 rings (SSSR count). The van der Waals surface area contributed by atoms with Gasteiger partial charge in [0.1, 0.15) is 10.2 Å². The van der Waals surface area contributed by atoms with Crippen molar-refractivity contribution < 1.29 is 18.3 Å². The molecule has 1 saturated heterocycles. The molecule has 3 N–H and O–H groups in total. The largest absolute Gasteiger partial charge is 0.379 e. The summed E-state index contributed by atoms with van der Waals surface area (Å²) in [6.45, 7) is -0.342. The number of thioether (sulfide) groups is 1. The van der Waals surface area contributed by atoms with Gasteiger partial charge in [0, 0.05) is 17.0 Å². The number of carbonyl (C=O) groups excluding carboxylic acids is 1. The lowest BCUT2D eigenvalue weighted by atomic mass is 9.79. The van der Waals surface area contributed by atoms with E-state index in [0.29, 0.717) is 4.34 Å². The number of aliphatic imine (C=N–C) groups is 1. The molecule has 27 heavy (non-hydrogen) atoms. The van der Waals surface area contributed by atoms with Gasteiger partial charge in [0.15, 0.2) is 21.4 Å². The molecule has 0 spiro atoms. The summed E-state index contributed by atoms with van der Waals surface area (Å²) in [7, 11) is 0. The first-order valence-electron chi connectivity index (χ1n) is 7.80. The van der Waals surface area contributed by atoms with Crippen LogP contribution in [0.5, 0.6) is 0 Å². The van der Waals surface area contributed by atoms with Crippen LogP contribution in [-0.4, -0.2) is 40.7 Å². The van der Waals surface area contributed by atoms with Gasteiger partial charge >= 0.3 is 0 Å². The maximum Gasteiger partial charge on any atom is 0.284 e. The smallest absolute Gasteiger partial charge is 0.284 e. The Balaban J connectivity index is 1.72. The van der Waals surface area contributed by atoms with Crippen molar-refractivity contribution in [3.8, 4) is 0 Å². The summed E-state index contributed by atoms with van der Waals surface area (Å²) < 4.78 is 35.9. The number of aromatic nitrogens is 1. The number of benzene rings is 1. The van der Waals surface area contributed by atoms with Crippen LogP contribution in [0, 0.1) is 5.82 Å². The van der Waals surface area contributed by atoms with E-state index in [1.807, 2.05) is 0 Å². The Labute approximate surface area is 166 Å². The van der Waals surface area contributed by atoms with Gasteiger partial charge in [-0.05, 0) is 18.2 Å². The zero-order valence-corrected chi connectivity index (χ0v) is 16.1. The number of anilines is 1. The highest BCUT2D eigenvalue weighted by Crippen LogP contribution is 2.50. The lowest BCUT2D eigenvalue weighted by molar-refractivity contribution is 0.102. The fourth-order valence-electron chi connectivity index (χ4n) is 3.15. The average molecular weight is 431 g/mol. The van der Waals surface area contributed by atoms with Crippen molar-refractivity contribution in [2.45, 2.75) is 11.2 Å². The molecule has 2 atom stereocenters. The molecular formula is C16H13ClF2N4O2S2. The lowest BCUT2D eigenvalue weighted by Crippen LogP contribution is -2.52. The van der Waals surface area contributed by atoms with Gasteiger partial charge in [-0.1, -0.05) is 34.7 Å². The van der Waals surface area contributed by atoms with E-state index in [2.05, 4.69) is 15.3 Å². The second-order valence-electron chi connectivity index (χ2n) is 6.18. The Kier molecular flexibility index (Phi) is 4.61. The molecule has 0 radical (unpaired) electrons. The molecule has 1 aromatic heterocycles. The van der Waals surface area contributed by atoms with Crippen molar-refractivity contribution in [2.24, 2.45) is 10.7 Å². The molecule has 0 unspecified atom stereocenters. The maximum atomic E-state index is 15.5. The van der Waals surface area contributed by atoms with Crippen LogP contribution in [0.1, 0.15) is 15.4 Å². The third-order valence-corrected chi connectivity index (χ3v) is 6.58. The summed E-state index contributed by atoms with van der Waals surface area (Å²) in [5.41, 5.74) is 2.58. The summed E-state index contributed by atoms with van der Waals surface area (Å²) in [5.74, 6) is -1.14. The van der Waals surface area contributed by atoms with Crippen molar-refractivity contribution in [3.63, 3.8) is 0 Å². The highest BCUT2D eigenvalue weighted by atomic mass is 35.5. The maximum absolute atomic E-state index is 15.5. The van der Waals surface area contributed by atoms with Crippen LogP contribution >= 0.6 is 34.7 Å². The number of halogens is 3. The molecule has 11 heteroatoms. The van der Waals surface area contributed by atoms with E-state index in [1.54, 1.807) is 0 Å². The first kappa shape index (κ1) is 18.6. The molecule has 1 amide bonds. The van der Waals surface area contributed by atoms with Crippen molar-refractivity contribution in [1.82, 2.24) is 4.98 Å². The van der Waals surface area contributed by atoms with Crippen LogP contribution in [0.4, 0.5) is 14.5 Å². The van der Waals surface area contributed by atoms with Crippen LogP contribution in [0.15, 0.2) is 29.4 Å². The number of amides is 1. The minimum atomic E-state index is -1.90. The van der Waals surface area contributed by atoms with Gasteiger partial charge in [0.2, 0.25) is 0 Å². The number of alkyl halides is 1. The van der Waals surface area contributed by atoms with E-state index < -0.39 is 22.9 Å². The van der Waals surface area contributed by atoms with Gasteiger partial charge in [-0.3, -0.25) is 4.79 Å². The topological polar surface area (TPSA) is 89.6 Å². The number of rotatable bonds is 3. The first-order chi connectivity index (χ1) is 12.8. The molecule has 2 aliphatic heterocycles. The van der Waals surface area contributed by atoms with Crippen LogP contribution < -0.4 is 11.1 Å². The minimum Gasteiger partial charge on any atom is -0.379 e. The molecule has 2 aliphatic rings. The van der Waals surface area contributed by atoms with E-state index in [-0.39, 0.29) is 40.4 Å². The zero-order chi connectivity index (χ0) is 19.2. The highest BCUT2D eigenvalue weighted by Gasteiger charge is 2.61. The number of fused-ring (bicyclic) bond motifs is 1. The predicted molar refractivity (Wildman–Crippen MR) is 102 cm³/mol. The van der Waals surface area contributed by atoms with Gasteiger partial charge in [-0.25, -0.2) is 18.8 Å². The van der Waals surface area contributed by atoms with E-state index >= 15 is 4.39 Å². The number of nitrogens with zero attached hydrogens (tertiary/aromatic N) is 2. The Hall–Kier alpha value is -1.75. The average Bonchev–Trinajstić information content (AvgIpc) is 3.20. The van der Waals surface area contributed by atoms with E-state index in [0.717, 1.165) is 29.2 Å². The summed E-state index contributed by atoms with van der Waals surface area (Å²) in [4.78, 5) is 20.4. The summed E-state index contributed by atoms with van der Waals surface area (Å²) in [6, 6.07) is 3.89. The van der Waals surface area contributed by atoms with Crippen LogP contribution in [-0.2, 0) is 10.3 Å². The monoisotopic (exact) mass is 430 g/mol. The quantitative estimate of drug-likeness (QED) is 0.780. The molecule has 3 heterocycles. The number of nitrogens with one attached hydrogen (secondary N) is 1.